The molecule has 0 aliphatic carbocycles. The number of carbonyl (C=O) groups excluding carboxylic acids is 1. The smallest absolute Gasteiger partial charge is 0.254 e. The topological polar surface area (TPSA) is 26.8 Å². The normalized spacial score (nSPS) is 15.6. The molecule has 1 aliphatic rings. The number of benzene rings is 2. The van der Waals surface area contributed by atoms with Crippen molar-refractivity contribution in [2.45, 2.75) is 0 Å². The van der Waals surface area contributed by atoms with Gasteiger partial charge in [-0.15, -0.1) is 0 Å². The Morgan fingerprint density at radius 1 is 1.04 bits per heavy atom. The fourth-order valence-electron chi connectivity index (χ4n) is 3.42. The molecule has 0 unspecified atom stereocenters. The Labute approximate surface area is 154 Å². The predicted octanol–water partition coefficient (Wildman–Crippen LogP) is 3.03. The summed E-state index contributed by atoms with van der Waals surface area (Å²) in [6.45, 7) is 4.69. The second-order valence-electron chi connectivity index (χ2n) is 6.70. The van der Waals surface area contributed by atoms with Crippen LogP contribution in [0.15, 0.2) is 36.4 Å². The molecule has 1 saturated heterocycles. The van der Waals surface area contributed by atoms with E-state index in [9.17, 15) is 4.79 Å². The lowest BCUT2D eigenvalue weighted by Gasteiger charge is -2.35. The number of nitrogens with zero attached hydrogens (tertiary/aromatic N) is 3. The van der Waals surface area contributed by atoms with Gasteiger partial charge < -0.3 is 9.80 Å². The molecule has 0 aromatic heterocycles. The Bertz CT molecular complexity index is 739. The van der Waals surface area contributed by atoms with Gasteiger partial charge >= 0.3 is 0 Å². The summed E-state index contributed by atoms with van der Waals surface area (Å²) in [5.74, 6) is 1.32. The van der Waals surface area contributed by atoms with Gasteiger partial charge in [0.15, 0.2) is 0 Å². The second-order valence-corrected chi connectivity index (χ2v) is 7.68. The number of anilines is 1. The summed E-state index contributed by atoms with van der Waals surface area (Å²) >= 11 is 1.88. The van der Waals surface area contributed by atoms with Crippen LogP contribution >= 0.6 is 11.8 Å². The summed E-state index contributed by atoms with van der Waals surface area (Å²) in [7, 11) is 4.08. The van der Waals surface area contributed by atoms with Crippen LogP contribution < -0.4 is 4.90 Å². The fraction of sp³-hybridized carbons (Fsp3) is 0.450. The van der Waals surface area contributed by atoms with Crippen molar-refractivity contribution in [3.05, 3.63) is 42.0 Å². The van der Waals surface area contributed by atoms with Gasteiger partial charge in [0.1, 0.15) is 0 Å². The molecular formula is C20H27N3OS. The third-order valence-corrected chi connectivity index (χ3v) is 5.48. The van der Waals surface area contributed by atoms with Crippen molar-refractivity contribution in [1.29, 1.82) is 0 Å². The van der Waals surface area contributed by atoms with Crippen molar-refractivity contribution in [1.82, 2.24) is 9.80 Å². The summed E-state index contributed by atoms with van der Waals surface area (Å²) in [6.07, 6.45) is 2.14. The summed E-state index contributed by atoms with van der Waals surface area (Å²) in [5.41, 5.74) is 1.97. The second kappa shape index (κ2) is 8.11. The summed E-state index contributed by atoms with van der Waals surface area (Å²) < 4.78 is 0. The maximum atomic E-state index is 13.1. The number of fused-ring (bicyclic) bond motifs is 1. The molecule has 2 aromatic rings. The van der Waals surface area contributed by atoms with Crippen LogP contribution in [0.2, 0.25) is 0 Å². The first kappa shape index (κ1) is 18.1. The first-order chi connectivity index (χ1) is 12.1. The lowest BCUT2D eigenvalue weighted by molar-refractivity contribution is 0.0646. The van der Waals surface area contributed by atoms with Crippen molar-refractivity contribution in [3.63, 3.8) is 0 Å². The van der Waals surface area contributed by atoms with Gasteiger partial charge in [-0.25, -0.2) is 0 Å². The number of carbonyl (C=O) groups is 1. The monoisotopic (exact) mass is 357 g/mol. The van der Waals surface area contributed by atoms with E-state index in [1.54, 1.807) is 0 Å². The van der Waals surface area contributed by atoms with E-state index in [0.29, 0.717) is 0 Å². The maximum Gasteiger partial charge on any atom is 0.254 e. The molecule has 134 valence electrons. The zero-order chi connectivity index (χ0) is 17.8. The minimum Gasteiger partial charge on any atom is -0.377 e. The molecule has 5 heteroatoms. The highest BCUT2D eigenvalue weighted by atomic mass is 32.2. The van der Waals surface area contributed by atoms with Crippen LogP contribution in [0.25, 0.3) is 10.8 Å². The molecule has 1 aliphatic heterocycles. The van der Waals surface area contributed by atoms with E-state index < -0.39 is 0 Å². The molecule has 0 radical (unpaired) electrons. The van der Waals surface area contributed by atoms with E-state index in [-0.39, 0.29) is 5.91 Å². The highest BCUT2D eigenvalue weighted by molar-refractivity contribution is 7.98. The van der Waals surface area contributed by atoms with Gasteiger partial charge in [0.2, 0.25) is 0 Å². The molecule has 1 fully saturated rings. The minimum absolute atomic E-state index is 0.158. The standard InChI is InChI=1S/C20H27N3OS/c1-21(2)19-9-8-18(16-6-4-5-7-17(16)19)20(24)23-12-10-22(11-13-23)14-15-25-3/h4-9H,10-15H2,1-3H3. The van der Waals surface area contributed by atoms with Crippen molar-refractivity contribution in [3.8, 4) is 0 Å². The third-order valence-electron chi connectivity index (χ3n) is 4.88. The molecular weight excluding hydrogens is 330 g/mol. The Kier molecular flexibility index (Phi) is 5.86. The third kappa shape index (κ3) is 3.93. The van der Waals surface area contributed by atoms with Crippen molar-refractivity contribution >= 4 is 34.1 Å². The fourth-order valence-corrected chi connectivity index (χ4v) is 3.87. The van der Waals surface area contributed by atoms with Gasteiger partial charge in [-0.2, -0.15) is 11.8 Å². The van der Waals surface area contributed by atoms with Gasteiger partial charge in [-0.3, -0.25) is 9.69 Å². The van der Waals surface area contributed by atoms with Crippen LogP contribution in [-0.4, -0.2) is 74.5 Å². The predicted molar refractivity (Wildman–Crippen MR) is 109 cm³/mol. The van der Waals surface area contributed by atoms with Crippen molar-refractivity contribution in [2.75, 3.05) is 63.7 Å². The lowest BCUT2D eigenvalue weighted by atomic mass is 10.0. The summed E-state index contributed by atoms with van der Waals surface area (Å²) in [4.78, 5) is 19.7. The highest BCUT2D eigenvalue weighted by Crippen LogP contribution is 2.29. The van der Waals surface area contributed by atoms with Gasteiger partial charge in [-0.05, 0) is 23.8 Å². The number of hydrogen-bond donors (Lipinski definition) is 0. The molecule has 3 rings (SSSR count). The van der Waals surface area contributed by atoms with E-state index in [2.05, 4.69) is 34.3 Å². The molecule has 0 bridgehead atoms. The molecule has 0 saturated carbocycles. The molecule has 25 heavy (non-hydrogen) atoms. The van der Waals surface area contributed by atoms with Gasteiger partial charge in [0.05, 0.1) is 0 Å². The molecule has 0 spiro atoms. The molecule has 0 atom stereocenters. The van der Waals surface area contributed by atoms with Crippen molar-refractivity contribution < 1.29 is 4.79 Å². The zero-order valence-electron chi connectivity index (χ0n) is 15.4. The van der Waals surface area contributed by atoms with Gasteiger partial charge in [0, 0.05) is 69.2 Å². The number of hydrogen-bond acceptors (Lipinski definition) is 4. The van der Waals surface area contributed by atoms with Crippen LogP contribution in [0.4, 0.5) is 5.69 Å². The summed E-state index contributed by atoms with van der Waals surface area (Å²) in [5, 5.41) is 2.18. The van der Waals surface area contributed by atoms with Gasteiger partial charge in [-0.1, -0.05) is 24.3 Å². The molecule has 0 N–H and O–H groups in total. The zero-order valence-corrected chi connectivity index (χ0v) is 16.2. The Morgan fingerprint density at radius 2 is 1.72 bits per heavy atom. The average molecular weight is 358 g/mol. The number of thioether (sulfide) groups is 1. The van der Waals surface area contributed by atoms with Crippen LogP contribution in [0.3, 0.4) is 0 Å². The largest absolute Gasteiger partial charge is 0.377 e. The summed E-state index contributed by atoms with van der Waals surface area (Å²) in [6, 6.07) is 12.3. The quantitative estimate of drug-likeness (QED) is 0.822. The van der Waals surface area contributed by atoms with E-state index in [1.165, 1.54) is 0 Å². The molecule has 1 amide bonds. The van der Waals surface area contributed by atoms with Crippen LogP contribution in [0, 0.1) is 0 Å². The first-order valence-electron chi connectivity index (χ1n) is 8.81. The van der Waals surface area contributed by atoms with Crippen LogP contribution in [-0.2, 0) is 0 Å². The average Bonchev–Trinajstić information content (AvgIpc) is 2.65. The Morgan fingerprint density at radius 3 is 2.36 bits per heavy atom. The van der Waals surface area contributed by atoms with E-state index in [1.807, 2.05) is 49.0 Å². The molecule has 1 heterocycles. The highest BCUT2D eigenvalue weighted by Gasteiger charge is 2.23. The molecule has 4 nitrogen and oxygen atoms in total. The number of rotatable bonds is 5. The van der Waals surface area contributed by atoms with Crippen LogP contribution in [0.1, 0.15) is 10.4 Å². The lowest BCUT2D eigenvalue weighted by Crippen LogP contribution is -2.49. The van der Waals surface area contributed by atoms with Crippen molar-refractivity contribution in [2.24, 2.45) is 0 Å². The van der Waals surface area contributed by atoms with E-state index >= 15 is 0 Å². The van der Waals surface area contributed by atoms with E-state index in [0.717, 1.165) is 60.5 Å². The molecule has 2 aromatic carbocycles. The minimum atomic E-state index is 0.158. The Hall–Kier alpha value is -1.72. The SMILES string of the molecule is CSCCN1CCN(C(=O)c2ccc(N(C)C)c3ccccc23)CC1. The number of amides is 1. The number of piperazine rings is 1. The van der Waals surface area contributed by atoms with Gasteiger partial charge in [0.25, 0.3) is 5.91 Å². The van der Waals surface area contributed by atoms with Crippen LogP contribution in [0.5, 0.6) is 0 Å². The Balaban J connectivity index is 1.81. The first-order valence-corrected chi connectivity index (χ1v) is 10.2. The maximum absolute atomic E-state index is 13.1. The van der Waals surface area contributed by atoms with E-state index in [4.69, 9.17) is 0 Å².